The summed E-state index contributed by atoms with van der Waals surface area (Å²) in [4.78, 5) is 15.2. The molecule has 24 heavy (non-hydrogen) atoms. The van der Waals surface area contributed by atoms with Gasteiger partial charge in [-0.3, -0.25) is 9.69 Å². The number of amides is 1. The Hall–Kier alpha value is -1.10. The van der Waals surface area contributed by atoms with Crippen LogP contribution in [0.15, 0.2) is 24.3 Å². The lowest BCUT2D eigenvalue weighted by Crippen LogP contribution is -2.55. The van der Waals surface area contributed by atoms with Gasteiger partial charge in [0.2, 0.25) is 5.91 Å². The molecule has 1 fully saturated rings. The Kier molecular flexibility index (Phi) is 6.67. The van der Waals surface area contributed by atoms with E-state index >= 15 is 0 Å². The molecule has 4 nitrogen and oxygen atoms in total. The highest BCUT2D eigenvalue weighted by atomic mass is 35.5. The van der Waals surface area contributed by atoms with Gasteiger partial charge >= 0.3 is 0 Å². The molecule has 1 aromatic rings. The first-order valence-electron chi connectivity index (χ1n) is 8.67. The van der Waals surface area contributed by atoms with Gasteiger partial charge in [0.05, 0.1) is 19.1 Å². The summed E-state index contributed by atoms with van der Waals surface area (Å²) in [5.41, 5.74) is 0.928. The number of hydrogen-bond acceptors (Lipinski definition) is 3. The number of nitrogens with zero attached hydrogens (tertiary/aromatic N) is 1. The molecule has 1 aliphatic heterocycles. The molecule has 0 aliphatic carbocycles. The largest absolute Gasteiger partial charge is 0.379 e. The second-order valence-electron chi connectivity index (χ2n) is 7.40. The molecule has 1 aliphatic rings. The van der Waals surface area contributed by atoms with Gasteiger partial charge in [-0.2, -0.15) is 0 Å². The maximum Gasteiger partial charge on any atom is 0.227 e. The van der Waals surface area contributed by atoms with E-state index in [9.17, 15) is 4.79 Å². The zero-order valence-corrected chi connectivity index (χ0v) is 15.9. The lowest BCUT2D eigenvalue weighted by atomic mass is 9.87. The van der Waals surface area contributed by atoms with E-state index in [0.717, 1.165) is 31.9 Å². The molecule has 0 saturated carbocycles. The Morgan fingerprint density at radius 3 is 2.38 bits per heavy atom. The molecule has 134 valence electrons. The Morgan fingerprint density at radius 2 is 1.83 bits per heavy atom. The van der Waals surface area contributed by atoms with Gasteiger partial charge in [-0.25, -0.2) is 0 Å². The molecule has 0 spiro atoms. The van der Waals surface area contributed by atoms with Crippen LogP contribution in [0.3, 0.4) is 0 Å². The van der Waals surface area contributed by atoms with Crippen LogP contribution in [-0.2, 0) is 9.53 Å². The topological polar surface area (TPSA) is 41.6 Å². The van der Waals surface area contributed by atoms with Crippen molar-refractivity contribution in [2.75, 3.05) is 32.8 Å². The summed E-state index contributed by atoms with van der Waals surface area (Å²) in [6.07, 6.45) is 0. The van der Waals surface area contributed by atoms with Gasteiger partial charge in [-0.05, 0) is 37.5 Å². The normalized spacial score (nSPS) is 17.8. The van der Waals surface area contributed by atoms with E-state index in [1.165, 1.54) is 0 Å². The smallest absolute Gasteiger partial charge is 0.227 e. The van der Waals surface area contributed by atoms with Crippen LogP contribution in [0.5, 0.6) is 0 Å². The number of rotatable bonds is 6. The van der Waals surface area contributed by atoms with Gasteiger partial charge in [0.1, 0.15) is 0 Å². The minimum Gasteiger partial charge on any atom is -0.379 e. The van der Waals surface area contributed by atoms with E-state index in [2.05, 4.69) is 37.9 Å². The summed E-state index contributed by atoms with van der Waals surface area (Å²) < 4.78 is 5.42. The molecule has 1 N–H and O–H groups in total. The number of halogens is 1. The van der Waals surface area contributed by atoms with E-state index in [-0.39, 0.29) is 23.3 Å². The van der Waals surface area contributed by atoms with Crippen molar-refractivity contribution in [2.45, 2.75) is 39.2 Å². The summed E-state index contributed by atoms with van der Waals surface area (Å²) in [6.45, 7) is 12.5. The van der Waals surface area contributed by atoms with E-state index in [1.54, 1.807) is 0 Å². The third-order valence-electron chi connectivity index (χ3n) is 4.74. The number of ether oxygens (including phenoxy) is 1. The molecule has 0 aromatic heterocycles. The fraction of sp³-hybridized carbons (Fsp3) is 0.632. The first-order valence-corrected chi connectivity index (χ1v) is 9.05. The summed E-state index contributed by atoms with van der Waals surface area (Å²) in [5.74, 6) is 0.133. The molecule has 1 aromatic carbocycles. The van der Waals surface area contributed by atoms with Crippen LogP contribution >= 0.6 is 11.6 Å². The molecule has 5 heteroatoms. The third kappa shape index (κ3) is 4.95. The Labute approximate surface area is 150 Å². The summed E-state index contributed by atoms with van der Waals surface area (Å²) in [7, 11) is 0. The molecule has 1 heterocycles. The monoisotopic (exact) mass is 352 g/mol. The van der Waals surface area contributed by atoms with E-state index in [1.807, 2.05) is 24.3 Å². The van der Waals surface area contributed by atoms with Crippen molar-refractivity contribution < 1.29 is 9.53 Å². The second-order valence-corrected chi connectivity index (χ2v) is 7.84. The predicted molar refractivity (Wildman–Crippen MR) is 98.5 cm³/mol. The minimum absolute atomic E-state index is 0.0775. The zero-order chi connectivity index (χ0) is 17.7. The van der Waals surface area contributed by atoms with Crippen molar-refractivity contribution in [3.8, 4) is 0 Å². The summed E-state index contributed by atoms with van der Waals surface area (Å²) >= 11 is 5.97. The Morgan fingerprint density at radius 1 is 1.25 bits per heavy atom. The van der Waals surface area contributed by atoms with Crippen LogP contribution in [0.25, 0.3) is 0 Å². The zero-order valence-electron chi connectivity index (χ0n) is 15.1. The van der Waals surface area contributed by atoms with Crippen LogP contribution in [0.4, 0.5) is 0 Å². The van der Waals surface area contributed by atoms with Gasteiger partial charge in [-0.15, -0.1) is 0 Å². The van der Waals surface area contributed by atoms with Gasteiger partial charge in [0.15, 0.2) is 0 Å². The fourth-order valence-electron chi connectivity index (χ4n) is 3.20. The van der Waals surface area contributed by atoms with Crippen LogP contribution in [-0.4, -0.2) is 49.2 Å². The first-order chi connectivity index (χ1) is 11.3. The molecule has 0 unspecified atom stereocenters. The predicted octanol–water partition coefficient (Wildman–Crippen LogP) is 3.31. The fourth-order valence-corrected chi connectivity index (χ4v) is 3.33. The number of hydrogen-bond donors (Lipinski definition) is 1. The Bertz CT molecular complexity index is 537. The van der Waals surface area contributed by atoms with E-state index in [0.29, 0.717) is 11.6 Å². The lowest BCUT2D eigenvalue weighted by molar-refractivity contribution is -0.124. The molecule has 0 bridgehead atoms. The maximum atomic E-state index is 12.8. The molecular formula is C19H29ClN2O2. The van der Waals surface area contributed by atoms with Gasteiger partial charge in [-0.1, -0.05) is 37.6 Å². The summed E-state index contributed by atoms with van der Waals surface area (Å²) in [5, 5.41) is 3.85. The SMILES string of the molecule is CC(C)[C@H](C(=O)NCC(C)(C)N1CCOCC1)c1ccc(Cl)cc1. The number of morpholine rings is 1. The molecule has 0 radical (unpaired) electrons. The van der Waals surface area contributed by atoms with Crippen molar-refractivity contribution in [3.05, 3.63) is 34.9 Å². The average Bonchev–Trinajstić information content (AvgIpc) is 2.56. The third-order valence-corrected chi connectivity index (χ3v) is 4.99. The van der Waals surface area contributed by atoms with Crippen molar-refractivity contribution in [3.63, 3.8) is 0 Å². The van der Waals surface area contributed by atoms with Crippen LogP contribution in [0, 0.1) is 5.92 Å². The Balaban J connectivity index is 2.01. The van der Waals surface area contributed by atoms with Crippen LogP contribution in [0.1, 0.15) is 39.2 Å². The number of carbonyl (C=O) groups is 1. The van der Waals surface area contributed by atoms with Crippen molar-refractivity contribution in [1.29, 1.82) is 0 Å². The quantitative estimate of drug-likeness (QED) is 0.854. The summed E-state index contributed by atoms with van der Waals surface area (Å²) in [6, 6.07) is 7.58. The highest BCUT2D eigenvalue weighted by Crippen LogP contribution is 2.26. The van der Waals surface area contributed by atoms with Crippen molar-refractivity contribution in [1.82, 2.24) is 10.2 Å². The number of nitrogens with one attached hydrogen (secondary N) is 1. The molecular weight excluding hydrogens is 324 g/mol. The maximum absolute atomic E-state index is 12.8. The second kappa shape index (κ2) is 8.32. The van der Waals surface area contributed by atoms with Gasteiger partial charge in [0.25, 0.3) is 0 Å². The lowest BCUT2D eigenvalue weighted by Gasteiger charge is -2.41. The molecule has 1 amide bonds. The van der Waals surface area contributed by atoms with Gasteiger partial charge < -0.3 is 10.1 Å². The average molecular weight is 353 g/mol. The standard InChI is InChI=1S/C19H29ClN2O2/c1-14(2)17(15-5-7-16(20)8-6-15)18(23)21-13-19(3,4)22-9-11-24-12-10-22/h5-8,14,17H,9-13H2,1-4H3,(H,21,23)/t17-/m0/s1. The van der Waals surface area contributed by atoms with E-state index < -0.39 is 0 Å². The van der Waals surface area contributed by atoms with Crippen LogP contribution < -0.4 is 5.32 Å². The van der Waals surface area contributed by atoms with E-state index in [4.69, 9.17) is 16.3 Å². The highest BCUT2D eigenvalue weighted by Gasteiger charge is 2.30. The first kappa shape index (κ1) is 19.2. The van der Waals surface area contributed by atoms with Crippen molar-refractivity contribution in [2.24, 2.45) is 5.92 Å². The molecule has 2 rings (SSSR count). The van der Waals surface area contributed by atoms with Crippen LogP contribution in [0.2, 0.25) is 5.02 Å². The number of carbonyl (C=O) groups excluding carboxylic acids is 1. The van der Waals surface area contributed by atoms with Crippen molar-refractivity contribution >= 4 is 17.5 Å². The highest BCUT2D eigenvalue weighted by molar-refractivity contribution is 6.30. The molecule has 1 atom stereocenters. The molecule has 1 saturated heterocycles. The van der Waals surface area contributed by atoms with Gasteiger partial charge in [0, 0.05) is 30.2 Å². The minimum atomic E-state index is -0.164. The number of benzene rings is 1.